The SMILES string of the molecule is CC(C)(C)C1CC(NS(=O)(=O)CCC2CC2)C1. The molecule has 2 fully saturated rings. The van der Waals surface area contributed by atoms with Crippen LogP contribution in [0.4, 0.5) is 0 Å². The molecule has 2 aliphatic rings. The first-order valence-corrected chi connectivity index (χ1v) is 8.41. The van der Waals surface area contributed by atoms with Crippen molar-refractivity contribution in [1.29, 1.82) is 0 Å². The van der Waals surface area contributed by atoms with Crippen LogP contribution >= 0.6 is 0 Å². The highest BCUT2D eigenvalue weighted by atomic mass is 32.2. The lowest BCUT2D eigenvalue weighted by atomic mass is 9.66. The van der Waals surface area contributed by atoms with Crippen LogP contribution < -0.4 is 4.72 Å². The molecule has 0 aromatic carbocycles. The molecule has 0 aromatic heterocycles. The number of hydrogen-bond acceptors (Lipinski definition) is 2. The van der Waals surface area contributed by atoms with Gasteiger partial charge in [-0.3, -0.25) is 0 Å². The number of nitrogens with one attached hydrogen (secondary N) is 1. The number of sulfonamides is 1. The fraction of sp³-hybridized carbons (Fsp3) is 1.00. The number of rotatable bonds is 5. The lowest BCUT2D eigenvalue weighted by molar-refractivity contribution is 0.110. The van der Waals surface area contributed by atoms with Crippen molar-refractivity contribution < 1.29 is 8.42 Å². The zero-order valence-electron chi connectivity index (χ0n) is 11.2. The molecule has 0 bridgehead atoms. The molecule has 4 heteroatoms. The smallest absolute Gasteiger partial charge is 0.211 e. The quantitative estimate of drug-likeness (QED) is 0.824. The van der Waals surface area contributed by atoms with Crippen LogP contribution in [0.5, 0.6) is 0 Å². The van der Waals surface area contributed by atoms with Crippen LogP contribution in [0, 0.1) is 17.3 Å². The van der Waals surface area contributed by atoms with Crippen molar-refractivity contribution in [3.05, 3.63) is 0 Å². The van der Waals surface area contributed by atoms with Gasteiger partial charge in [-0.2, -0.15) is 0 Å². The Kier molecular flexibility index (Phi) is 3.56. The van der Waals surface area contributed by atoms with Gasteiger partial charge in [0.15, 0.2) is 0 Å². The Bertz CT molecular complexity index is 359. The second-order valence-corrected chi connectivity index (χ2v) is 8.77. The van der Waals surface area contributed by atoms with Crippen molar-refractivity contribution in [2.75, 3.05) is 5.75 Å². The van der Waals surface area contributed by atoms with E-state index < -0.39 is 10.0 Å². The minimum Gasteiger partial charge on any atom is -0.212 e. The lowest BCUT2D eigenvalue weighted by Gasteiger charge is -2.43. The van der Waals surface area contributed by atoms with Crippen molar-refractivity contribution >= 4 is 10.0 Å². The highest BCUT2D eigenvalue weighted by Gasteiger charge is 2.38. The molecular weight excluding hydrogens is 234 g/mol. The third-order valence-electron chi connectivity index (χ3n) is 4.20. The van der Waals surface area contributed by atoms with E-state index >= 15 is 0 Å². The Labute approximate surface area is 105 Å². The van der Waals surface area contributed by atoms with E-state index in [-0.39, 0.29) is 6.04 Å². The van der Waals surface area contributed by atoms with Gasteiger partial charge in [0.1, 0.15) is 0 Å². The Hall–Kier alpha value is -0.0900. The molecular formula is C13H25NO2S. The zero-order valence-corrected chi connectivity index (χ0v) is 12.0. The molecule has 100 valence electrons. The van der Waals surface area contributed by atoms with E-state index in [1.165, 1.54) is 12.8 Å². The molecule has 0 aromatic rings. The van der Waals surface area contributed by atoms with Gasteiger partial charge >= 0.3 is 0 Å². The molecule has 0 heterocycles. The van der Waals surface area contributed by atoms with Gasteiger partial charge < -0.3 is 0 Å². The third kappa shape index (κ3) is 3.95. The molecule has 0 saturated heterocycles. The summed E-state index contributed by atoms with van der Waals surface area (Å²) in [4.78, 5) is 0. The third-order valence-corrected chi connectivity index (χ3v) is 5.67. The minimum atomic E-state index is -3.02. The van der Waals surface area contributed by atoms with Gasteiger partial charge in [-0.15, -0.1) is 0 Å². The molecule has 0 spiro atoms. The van der Waals surface area contributed by atoms with Gasteiger partial charge in [-0.05, 0) is 36.5 Å². The van der Waals surface area contributed by atoms with Crippen molar-refractivity contribution in [1.82, 2.24) is 4.72 Å². The molecule has 2 saturated carbocycles. The topological polar surface area (TPSA) is 46.2 Å². The predicted molar refractivity (Wildman–Crippen MR) is 70.2 cm³/mol. The van der Waals surface area contributed by atoms with Gasteiger partial charge in [0.25, 0.3) is 0 Å². The van der Waals surface area contributed by atoms with E-state index in [2.05, 4.69) is 25.5 Å². The fourth-order valence-corrected chi connectivity index (χ4v) is 3.92. The maximum Gasteiger partial charge on any atom is 0.211 e. The van der Waals surface area contributed by atoms with Crippen molar-refractivity contribution in [3.8, 4) is 0 Å². The molecule has 2 aliphatic carbocycles. The largest absolute Gasteiger partial charge is 0.212 e. The van der Waals surface area contributed by atoms with E-state index in [9.17, 15) is 8.42 Å². The summed E-state index contributed by atoms with van der Waals surface area (Å²) >= 11 is 0. The molecule has 0 radical (unpaired) electrons. The van der Waals surface area contributed by atoms with E-state index in [1.54, 1.807) is 0 Å². The van der Waals surface area contributed by atoms with Gasteiger partial charge in [-0.25, -0.2) is 13.1 Å². The maximum atomic E-state index is 11.8. The van der Waals surface area contributed by atoms with E-state index in [0.29, 0.717) is 23.0 Å². The lowest BCUT2D eigenvalue weighted by Crippen LogP contribution is -2.48. The molecule has 1 N–H and O–H groups in total. The van der Waals surface area contributed by atoms with Gasteiger partial charge in [0.05, 0.1) is 5.75 Å². The summed E-state index contributed by atoms with van der Waals surface area (Å²) in [5.74, 6) is 1.68. The molecule has 17 heavy (non-hydrogen) atoms. The first-order valence-electron chi connectivity index (χ1n) is 6.76. The first kappa shape index (κ1) is 13.3. The van der Waals surface area contributed by atoms with Gasteiger partial charge in [0.2, 0.25) is 10.0 Å². The zero-order chi connectivity index (χ0) is 12.7. The second-order valence-electron chi connectivity index (χ2n) is 6.90. The van der Waals surface area contributed by atoms with Crippen LogP contribution in [-0.2, 0) is 10.0 Å². The van der Waals surface area contributed by atoms with Crippen molar-refractivity contribution in [3.63, 3.8) is 0 Å². The summed E-state index contributed by atoms with van der Waals surface area (Å²) in [6.07, 6.45) is 5.32. The van der Waals surface area contributed by atoms with Crippen molar-refractivity contribution in [2.45, 2.75) is 58.9 Å². The van der Waals surface area contributed by atoms with E-state index in [1.807, 2.05) is 0 Å². The summed E-state index contributed by atoms with van der Waals surface area (Å²) in [7, 11) is -3.02. The van der Waals surface area contributed by atoms with E-state index in [4.69, 9.17) is 0 Å². The summed E-state index contributed by atoms with van der Waals surface area (Å²) in [6, 6.07) is 0.198. The highest BCUT2D eigenvalue weighted by Crippen LogP contribution is 2.41. The summed E-state index contributed by atoms with van der Waals surface area (Å²) in [5.41, 5.74) is 0.315. The molecule has 2 rings (SSSR count). The summed E-state index contributed by atoms with van der Waals surface area (Å²) in [5, 5.41) is 0. The average molecular weight is 259 g/mol. The van der Waals surface area contributed by atoms with E-state index in [0.717, 1.165) is 19.3 Å². The average Bonchev–Trinajstić information content (AvgIpc) is 2.89. The van der Waals surface area contributed by atoms with Crippen LogP contribution in [0.25, 0.3) is 0 Å². The Balaban J connectivity index is 1.71. The number of hydrogen-bond donors (Lipinski definition) is 1. The minimum absolute atomic E-state index is 0.198. The Morgan fingerprint density at radius 2 is 1.76 bits per heavy atom. The van der Waals surface area contributed by atoms with Gasteiger partial charge in [0, 0.05) is 6.04 Å². The van der Waals surface area contributed by atoms with Crippen LogP contribution in [0.2, 0.25) is 0 Å². The summed E-state index contributed by atoms with van der Waals surface area (Å²) < 4.78 is 26.5. The highest BCUT2D eigenvalue weighted by molar-refractivity contribution is 7.89. The van der Waals surface area contributed by atoms with Crippen LogP contribution in [0.15, 0.2) is 0 Å². The fourth-order valence-electron chi connectivity index (χ4n) is 2.46. The molecule has 0 amide bonds. The standard InChI is InChI=1S/C13H25NO2S/c1-13(2,3)11-8-12(9-11)14-17(15,16)7-6-10-4-5-10/h10-12,14H,4-9H2,1-3H3. The molecule has 0 unspecified atom stereocenters. The van der Waals surface area contributed by atoms with Crippen molar-refractivity contribution in [2.24, 2.45) is 17.3 Å². The van der Waals surface area contributed by atoms with Crippen LogP contribution in [0.3, 0.4) is 0 Å². The molecule has 3 nitrogen and oxygen atoms in total. The maximum absolute atomic E-state index is 11.8. The Morgan fingerprint density at radius 1 is 1.18 bits per heavy atom. The molecule has 0 aliphatic heterocycles. The van der Waals surface area contributed by atoms with Gasteiger partial charge in [-0.1, -0.05) is 33.6 Å². The second kappa shape index (κ2) is 4.54. The predicted octanol–water partition coefficient (Wildman–Crippen LogP) is 2.53. The summed E-state index contributed by atoms with van der Waals surface area (Å²) in [6.45, 7) is 6.69. The normalized spacial score (nSPS) is 30.1. The van der Waals surface area contributed by atoms with Crippen LogP contribution in [-0.4, -0.2) is 20.2 Å². The monoisotopic (exact) mass is 259 g/mol. The van der Waals surface area contributed by atoms with Crippen LogP contribution in [0.1, 0.15) is 52.9 Å². The Morgan fingerprint density at radius 3 is 2.24 bits per heavy atom. The first-order chi connectivity index (χ1) is 7.76. The molecule has 0 atom stereocenters.